The Balaban J connectivity index is 2.44. The summed E-state index contributed by atoms with van der Waals surface area (Å²) in [7, 11) is 0. The zero-order valence-electron chi connectivity index (χ0n) is 6.86. The maximum Gasteiger partial charge on any atom is 0.202 e. The van der Waals surface area contributed by atoms with Crippen LogP contribution in [0.15, 0.2) is 33.6 Å². The van der Waals surface area contributed by atoms with Crippen molar-refractivity contribution in [3.05, 3.63) is 29.8 Å². The number of rotatable bonds is 0. The molecule has 66 valence electrons. The lowest BCUT2D eigenvalue weighted by molar-refractivity contribution is -0.112. The van der Waals surface area contributed by atoms with Crippen molar-refractivity contribution in [3.8, 4) is 0 Å². The van der Waals surface area contributed by atoms with E-state index in [2.05, 4.69) is 4.40 Å². The fraction of sp³-hybridized carbons (Fsp3) is 0.111. The van der Waals surface area contributed by atoms with E-state index in [0.29, 0.717) is 6.42 Å². The summed E-state index contributed by atoms with van der Waals surface area (Å²) >= 11 is 1.26. The van der Waals surface area contributed by atoms with Crippen LogP contribution in [0.2, 0.25) is 0 Å². The molecule has 3 nitrogen and oxygen atoms in total. The van der Waals surface area contributed by atoms with E-state index in [-0.39, 0.29) is 11.6 Å². The van der Waals surface area contributed by atoms with Crippen LogP contribution >= 0.6 is 11.9 Å². The van der Waals surface area contributed by atoms with Gasteiger partial charge in [0.1, 0.15) is 0 Å². The van der Waals surface area contributed by atoms with Gasteiger partial charge >= 0.3 is 0 Å². The van der Waals surface area contributed by atoms with Gasteiger partial charge in [-0.3, -0.25) is 4.79 Å². The second-order valence-electron chi connectivity index (χ2n) is 2.78. The first-order valence-electron chi connectivity index (χ1n) is 3.89. The lowest BCUT2D eigenvalue weighted by atomic mass is 10.1. The molecule has 0 radical (unpaired) electrons. The van der Waals surface area contributed by atoms with Crippen molar-refractivity contribution >= 4 is 23.6 Å². The zero-order chi connectivity index (χ0) is 9.26. The maximum absolute atomic E-state index is 11.3. The Hall–Kier alpha value is -1.29. The number of hydrogen-bond donors (Lipinski definition) is 1. The van der Waals surface area contributed by atoms with Crippen molar-refractivity contribution in [1.29, 1.82) is 0 Å². The molecule has 0 saturated carbocycles. The largest absolute Gasteiger partial charge is 0.380 e. The van der Waals surface area contributed by atoms with Gasteiger partial charge < -0.3 is 5.73 Å². The number of Topliss-reactive ketones (excluding diaryl/α,β-unsaturated/α-hetero) is 1. The molecule has 0 saturated heterocycles. The minimum Gasteiger partial charge on any atom is -0.380 e. The van der Waals surface area contributed by atoms with E-state index in [1.807, 2.05) is 24.3 Å². The van der Waals surface area contributed by atoms with Gasteiger partial charge in [0.2, 0.25) is 5.78 Å². The molecule has 1 aromatic rings. The SMILES string of the molecule is NC1=NSc2ccccc2CC1=O. The quantitative estimate of drug-likeness (QED) is 0.628. The van der Waals surface area contributed by atoms with Crippen molar-refractivity contribution < 1.29 is 4.79 Å². The fourth-order valence-corrected chi connectivity index (χ4v) is 1.85. The van der Waals surface area contributed by atoms with E-state index in [4.69, 9.17) is 5.73 Å². The van der Waals surface area contributed by atoms with Crippen LogP contribution in [0.25, 0.3) is 0 Å². The number of fused-ring (bicyclic) bond motifs is 1. The van der Waals surface area contributed by atoms with Crippen molar-refractivity contribution in [1.82, 2.24) is 0 Å². The molecular weight excluding hydrogens is 184 g/mol. The number of amidine groups is 1. The van der Waals surface area contributed by atoms with Crippen LogP contribution in [0.1, 0.15) is 5.56 Å². The Bertz CT molecular complexity index is 387. The van der Waals surface area contributed by atoms with Crippen LogP contribution in [0.4, 0.5) is 0 Å². The van der Waals surface area contributed by atoms with E-state index in [0.717, 1.165) is 10.5 Å². The molecule has 2 rings (SSSR count). The molecule has 1 aliphatic rings. The van der Waals surface area contributed by atoms with Crippen molar-refractivity contribution in [2.24, 2.45) is 10.1 Å². The number of ketones is 1. The van der Waals surface area contributed by atoms with Crippen LogP contribution in [-0.4, -0.2) is 11.6 Å². The lowest BCUT2D eigenvalue weighted by Gasteiger charge is -1.99. The van der Waals surface area contributed by atoms with E-state index in [1.54, 1.807) is 0 Å². The number of carbonyl (C=O) groups excluding carboxylic acids is 1. The lowest BCUT2D eigenvalue weighted by Crippen LogP contribution is -2.23. The fourth-order valence-electron chi connectivity index (χ4n) is 1.15. The Morgan fingerprint density at radius 3 is 3.00 bits per heavy atom. The minimum absolute atomic E-state index is 0.0996. The average molecular weight is 192 g/mol. The summed E-state index contributed by atoms with van der Waals surface area (Å²) in [5.41, 5.74) is 6.44. The molecule has 1 aromatic carbocycles. The summed E-state index contributed by atoms with van der Waals surface area (Å²) in [6.45, 7) is 0. The average Bonchev–Trinajstić information content (AvgIpc) is 2.28. The van der Waals surface area contributed by atoms with Crippen molar-refractivity contribution in [3.63, 3.8) is 0 Å². The summed E-state index contributed by atoms with van der Waals surface area (Å²) in [4.78, 5) is 12.3. The summed E-state index contributed by atoms with van der Waals surface area (Å²) < 4.78 is 3.91. The normalized spacial score (nSPS) is 16.0. The second kappa shape index (κ2) is 3.22. The Kier molecular flexibility index (Phi) is 2.06. The predicted molar refractivity (Wildman–Crippen MR) is 52.6 cm³/mol. The van der Waals surface area contributed by atoms with Crippen LogP contribution in [0.3, 0.4) is 0 Å². The molecule has 0 aliphatic carbocycles. The highest BCUT2D eigenvalue weighted by Crippen LogP contribution is 2.26. The Morgan fingerprint density at radius 2 is 2.15 bits per heavy atom. The van der Waals surface area contributed by atoms with Gasteiger partial charge in [0, 0.05) is 23.3 Å². The molecule has 0 unspecified atom stereocenters. The Labute approximate surface area is 80.2 Å². The molecule has 0 atom stereocenters. The van der Waals surface area contributed by atoms with Gasteiger partial charge in [0.15, 0.2) is 5.84 Å². The van der Waals surface area contributed by atoms with Gasteiger partial charge in [-0.2, -0.15) is 4.40 Å². The minimum atomic E-state index is -0.0996. The van der Waals surface area contributed by atoms with Gasteiger partial charge in [-0.1, -0.05) is 18.2 Å². The third-order valence-electron chi connectivity index (χ3n) is 1.85. The van der Waals surface area contributed by atoms with E-state index in [1.165, 1.54) is 11.9 Å². The summed E-state index contributed by atoms with van der Waals surface area (Å²) in [6, 6.07) is 7.70. The van der Waals surface area contributed by atoms with Gasteiger partial charge in [0.05, 0.1) is 0 Å². The highest BCUT2D eigenvalue weighted by molar-refractivity contribution is 7.98. The number of hydrogen-bond acceptors (Lipinski definition) is 4. The number of benzene rings is 1. The van der Waals surface area contributed by atoms with Gasteiger partial charge in [-0.15, -0.1) is 0 Å². The highest BCUT2D eigenvalue weighted by Gasteiger charge is 2.15. The number of carbonyl (C=O) groups is 1. The van der Waals surface area contributed by atoms with E-state index in [9.17, 15) is 4.79 Å². The Morgan fingerprint density at radius 1 is 1.38 bits per heavy atom. The first kappa shape index (κ1) is 8.31. The third kappa shape index (κ3) is 1.58. The van der Waals surface area contributed by atoms with Crippen molar-refractivity contribution in [2.45, 2.75) is 11.3 Å². The standard InChI is InChI=1S/C9H8N2OS/c10-9-7(12)5-6-3-1-2-4-8(6)13-11-9/h1-4H,5H2,(H2,10,11). The summed E-state index contributed by atoms with van der Waals surface area (Å²) in [5.74, 6) is 0.0126. The monoisotopic (exact) mass is 192 g/mol. The molecule has 13 heavy (non-hydrogen) atoms. The second-order valence-corrected chi connectivity index (χ2v) is 3.58. The predicted octanol–water partition coefficient (Wildman–Crippen LogP) is 1.18. The third-order valence-corrected chi connectivity index (χ3v) is 2.73. The molecule has 0 spiro atoms. The molecule has 0 fully saturated rings. The van der Waals surface area contributed by atoms with E-state index >= 15 is 0 Å². The first-order chi connectivity index (χ1) is 6.27. The van der Waals surface area contributed by atoms with Crippen LogP contribution in [0.5, 0.6) is 0 Å². The van der Waals surface area contributed by atoms with Crippen LogP contribution in [0, 0.1) is 0 Å². The van der Waals surface area contributed by atoms with Gasteiger partial charge in [-0.25, -0.2) is 0 Å². The molecule has 0 bridgehead atoms. The van der Waals surface area contributed by atoms with Crippen LogP contribution < -0.4 is 5.73 Å². The maximum atomic E-state index is 11.3. The molecule has 0 amide bonds. The van der Waals surface area contributed by atoms with Crippen molar-refractivity contribution in [2.75, 3.05) is 0 Å². The van der Waals surface area contributed by atoms with Gasteiger partial charge in [0.25, 0.3) is 0 Å². The number of nitrogens with two attached hydrogens (primary N) is 1. The first-order valence-corrected chi connectivity index (χ1v) is 4.66. The zero-order valence-corrected chi connectivity index (χ0v) is 7.67. The van der Waals surface area contributed by atoms with Gasteiger partial charge in [-0.05, 0) is 11.6 Å². The smallest absolute Gasteiger partial charge is 0.202 e. The summed E-state index contributed by atoms with van der Waals surface area (Å²) in [5, 5.41) is 0. The molecule has 0 aromatic heterocycles. The van der Waals surface area contributed by atoms with Crippen LogP contribution in [-0.2, 0) is 11.2 Å². The molecular formula is C9H8N2OS. The molecule has 4 heteroatoms. The number of nitrogens with zero attached hydrogens (tertiary/aromatic N) is 1. The molecule has 1 heterocycles. The highest BCUT2D eigenvalue weighted by atomic mass is 32.2. The molecule has 2 N–H and O–H groups in total. The summed E-state index contributed by atoms with van der Waals surface area (Å²) in [6.07, 6.45) is 0.360. The molecule has 1 aliphatic heterocycles. The van der Waals surface area contributed by atoms with E-state index < -0.39 is 0 Å². The topological polar surface area (TPSA) is 55.4 Å².